The Balaban J connectivity index is 1.96. The van der Waals surface area contributed by atoms with E-state index in [1.165, 1.54) is 44.9 Å². The minimum Gasteiger partial charge on any atom is -0.299 e. The Hall–Kier alpha value is -0.330. The number of Topliss-reactive ketones (excluding diaryl/α,β-unsaturated/α-hetero) is 1. The van der Waals surface area contributed by atoms with Gasteiger partial charge in [0.2, 0.25) is 0 Å². The summed E-state index contributed by atoms with van der Waals surface area (Å²) in [7, 11) is 0. The molecule has 3 unspecified atom stereocenters. The fourth-order valence-electron chi connectivity index (χ4n) is 4.17. The number of rotatable bonds is 0. The highest BCUT2D eigenvalue weighted by molar-refractivity contribution is 5.86. The predicted octanol–water partition coefficient (Wildman–Crippen LogP) is 2.94. The molecule has 3 rings (SSSR count). The molecule has 3 fully saturated rings. The average molecular weight is 178 g/mol. The molecular formula is C12H18O. The van der Waals surface area contributed by atoms with Crippen LogP contribution in [0.1, 0.15) is 51.4 Å². The highest BCUT2D eigenvalue weighted by Gasteiger charge is 2.53. The van der Waals surface area contributed by atoms with Crippen LogP contribution < -0.4 is 0 Å². The van der Waals surface area contributed by atoms with Gasteiger partial charge >= 0.3 is 0 Å². The average Bonchev–Trinajstić information content (AvgIpc) is 2.48. The largest absolute Gasteiger partial charge is 0.299 e. The molecule has 0 N–H and O–H groups in total. The molecule has 0 aliphatic heterocycles. The molecule has 0 aromatic rings. The van der Waals surface area contributed by atoms with Gasteiger partial charge in [0.15, 0.2) is 0 Å². The summed E-state index contributed by atoms with van der Waals surface area (Å²) >= 11 is 0. The predicted molar refractivity (Wildman–Crippen MR) is 51.4 cm³/mol. The van der Waals surface area contributed by atoms with Crippen LogP contribution in [0.15, 0.2) is 0 Å². The van der Waals surface area contributed by atoms with Crippen LogP contribution in [0.25, 0.3) is 0 Å². The quantitative estimate of drug-likeness (QED) is 0.557. The standard InChI is InChI=1S/C12H18O/c13-11-3-1-2-10-5-4-9-6-7-12(10,11)8-9/h9-10H,1-8H2. The number of hydrogen-bond donors (Lipinski definition) is 0. The Labute approximate surface area is 79.9 Å². The highest BCUT2D eigenvalue weighted by atomic mass is 16.1. The molecule has 0 heterocycles. The van der Waals surface area contributed by atoms with Crippen LogP contribution in [0.2, 0.25) is 0 Å². The summed E-state index contributed by atoms with van der Waals surface area (Å²) < 4.78 is 0. The van der Waals surface area contributed by atoms with Gasteiger partial charge in [0.25, 0.3) is 0 Å². The van der Waals surface area contributed by atoms with Crippen molar-refractivity contribution < 1.29 is 4.79 Å². The van der Waals surface area contributed by atoms with Gasteiger partial charge in [-0.15, -0.1) is 0 Å². The topological polar surface area (TPSA) is 17.1 Å². The molecule has 1 heteroatoms. The van der Waals surface area contributed by atoms with Crippen LogP contribution in [-0.4, -0.2) is 5.78 Å². The molecule has 3 aliphatic carbocycles. The van der Waals surface area contributed by atoms with Gasteiger partial charge in [-0.2, -0.15) is 0 Å². The van der Waals surface area contributed by atoms with Crippen LogP contribution in [0, 0.1) is 17.3 Å². The van der Waals surface area contributed by atoms with Crippen molar-refractivity contribution in [1.82, 2.24) is 0 Å². The number of hydrogen-bond acceptors (Lipinski definition) is 1. The third-order valence-corrected chi connectivity index (χ3v) is 4.87. The SMILES string of the molecule is O=C1CCCC2CCC3CCC12C3. The van der Waals surface area contributed by atoms with Crippen molar-refractivity contribution in [3.05, 3.63) is 0 Å². The van der Waals surface area contributed by atoms with E-state index in [4.69, 9.17) is 0 Å². The molecule has 72 valence electrons. The van der Waals surface area contributed by atoms with E-state index < -0.39 is 0 Å². The summed E-state index contributed by atoms with van der Waals surface area (Å²) in [4.78, 5) is 12.0. The van der Waals surface area contributed by atoms with Gasteiger partial charge in [0.05, 0.1) is 0 Å². The maximum Gasteiger partial charge on any atom is 0.139 e. The molecule has 3 aliphatic rings. The first kappa shape index (κ1) is 8.02. The summed E-state index contributed by atoms with van der Waals surface area (Å²) in [5, 5.41) is 0. The molecule has 3 saturated carbocycles. The Morgan fingerprint density at radius 3 is 3.00 bits per heavy atom. The molecule has 0 aromatic carbocycles. The second-order valence-corrected chi connectivity index (χ2v) is 5.35. The van der Waals surface area contributed by atoms with Crippen molar-refractivity contribution in [2.24, 2.45) is 17.3 Å². The number of carbonyl (C=O) groups excluding carboxylic acids is 1. The van der Waals surface area contributed by atoms with E-state index in [1.54, 1.807) is 0 Å². The molecule has 1 nitrogen and oxygen atoms in total. The summed E-state index contributed by atoms with van der Waals surface area (Å²) in [5.41, 5.74) is 0.209. The molecular weight excluding hydrogens is 160 g/mol. The maximum absolute atomic E-state index is 12.0. The van der Waals surface area contributed by atoms with E-state index in [0.29, 0.717) is 5.78 Å². The van der Waals surface area contributed by atoms with E-state index in [0.717, 1.165) is 18.3 Å². The van der Waals surface area contributed by atoms with E-state index in [9.17, 15) is 4.79 Å². The molecule has 3 atom stereocenters. The third-order valence-electron chi connectivity index (χ3n) is 4.87. The smallest absolute Gasteiger partial charge is 0.139 e. The van der Waals surface area contributed by atoms with Gasteiger partial charge < -0.3 is 0 Å². The first-order chi connectivity index (χ1) is 6.31. The normalized spacial score (nSPS) is 49.1. The van der Waals surface area contributed by atoms with Gasteiger partial charge in [-0.3, -0.25) is 4.79 Å². The Morgan fingerprint density at radius 1 is 1.15 bits per heavy atom. The van der Waals surface area contributed by atoms with Gasteiger partial charge in [-0.25, -0.2) is 0 Å². The van der Waals surface area contributed by atoms with Gasteiger partial charge in [-0.1, -0.05) is 6.42 Å². The zero-order valence-corrected chi connectivity index (χ0v) is 8.22. The van der Waals surface area contributed by atoms with Crippen LogP contribution in [-0.2, 0) is 4.79 Å². The van der Waals surface area contributed by atoms with Crippen molar-refractivity contribution in [2.75, 3.05) is 0 Å². The van der Waals surface area contributed by atoms with Crippen molar-refractivity contribution in [1.29, 1.82) is 0 Å². The highest BCUT2D eigenvalue weighted by Crippen LogP contribution is 2.58. The first-order valence-electron chi connectivity index (χ1n) is 5.84. The summed E-state index contributed by atoms with van der Waals surface area (Å²) in [6, 6.07) is 0. The lowest BCUT2D eigenvalue weighted by Gasteiger charge is -2.43. The second kappa shape index (κ2) is 2.59. The van der Waals surface area contributed by atoms with Gasteiger partial charge in [0, 0.05) is 11.8 Å². The van der Waals surface area contributed by atoms with E-state index in [-0.39, 0.29) is 5.41 Å². The van der Waals surface area contributed by atoms with Crippen molar-refractivity contribution in [2.45, 2.75) is 51.4 Å². The molecule has 13 heavy (non-hydrogen) atoms. The van der Waals surface area contributed by atoms with Gasteiger partial charge in [0.1, 0.15) is 5.78 Å². The zero-order valence-electron chi connectivity index (χ0n) is 8.22. The minimum absolute atomic E-state index is 0.209. The fourth-order valence-corrected chi connectivity index (χ4v) is 4.17. The number of fused-ring (bicyclic) bond motifs is 1. The van der Waals surface area contributed by atoms with Crippen LogP contribution >= 0.6 is 0 Å². The lowest BCUT2D eigenvalue weighted by atomic mass is 9.60. The van der Waals surface area contributed by atoms with E-state index in [1.807, 2.05) is 0 Å². The molecule has 0 aromatic heterocycles. The van der Waals surface area contributed by atoms with Crippen molar-refractivity contribution in [3.8, 4) is 0 Å². The molecule has 0 amide bonds. The second-order valence-electron chi connectivity index (χ2n) is 5.35. The minimum atomic E-state index is 0.209. The van der Waals surface area contributed by atoms with Crippen molar-refractivity contribution >= 4 is 5.78 Å². The first-order valence-corrected chi connectivity index (χ1v) is 5.84. The van der Waals surface area contributed by atoms with E-state index >= 15 is 0 Å². The van der Waals surface area contributed by atoms with Crippen LogP contribution in [0.3, 0.4) is 0 Å². The lowest BCUT2D eigenvalue weighted by Crippen LogP contribution is -2.41. The zero-order chi connectivity index (χ0) is 8.89. The monoisotopic (exact) mass is 178 g/mol. The molecule has 0 radical (unpaired) electrons. The van der Waals surface area contributed by atoms with Crippen LogP contribution in [0.4, 0.5) is 0 Å². The molecule has 1 spiro atoms. The fraction of sp³-hybridized carbons (Fsp3) is 0.917. The number of carbonyl (C=O) groups is 1. The maximum atomic E-state index is 12.0. The Morgan fingerprint density at radius 2 is 2.08 bits per heavy atom. The third kappa shape index (κ3) is 0.963. The molecule has 2 bridgehead atoms. The Kier molecular flexibility index (Phi) is 1.59. The van der Waals surface area contributed by atoms with E-state index in [2.05, 4.69) is 0 Å². The summed E-state index contributed by atoms with van der Waals surface area (Å²) in [6.45, 7) is 0. The Bertz CT molecular complexity index is 246. The van der Waals surface area contributed by atoms with Gasteiger partial charge in [-0.05, 0) is 50.4 Å². The number of ketones is 1. The summed E-state index contributed by atoms with van der Waals surface area (Å²) in [6.07, 6.45) is 10.0. The van der Waals surface area contributed by atoms with Crippen LogP contribution in [0.5, 0.6) is 0 Å². The molecule has 0 saturated heterocycles. The summed E-state index contributed by atoms with van der Waals surface area (Å²) in [5.74, 6) is 2.33. The van der Waals surface area contributed by atoms with Crippen molar-refractivity contribution in [3.63, 3.8) is 0 Å². The lowest BCUT2D eigenvalue weighted by molar-refractivity contribution is -0.136.